The zero-order chi connectivity index (χ0) is 12.5. The Labute approximate surface area is 108 Å². The lowest BCUT2D eigenvalue weighted by Gasteiger charge is -2.13. The Hall–Kier alpha value is -0.260. The number of methoxy groups -OCH3 is 1. The number of rotatable bonds is 8. The molecule has 0 aliphatic heterocycles. The van der Waals surface area contributed by atoms with Crippen molar-refractivity contribution in [3.05, 3.63) is 0 Å². The van der Waals surface area contributed by atoms with E-state index in [0.29, 0.717) is 19.3 Å². The van der Waals surface area contributed by atoms with Crippen LogP contribution in [-0.2, 0) is 14.3 Å². The number of amides is 1. The Kier molecular flexibility index (Phi) is 7.64. The normalized spacial score (nSPS) is 23.9. The molecular formula is C12H23NO3S. The number of ether oxygens (including phenoxy) is 2. The van der Waals surface area contributed by atoms with Gasteiger partial charge in [-0.15, -0.1) is 0 Å². The summed E-state index contributed by atoms with van der Waals surface area (Å²) in [4.78, 5) is 11.5. The molecule has 0 aromatic rings. The van der Waals surface area contributed by atoms with Gasteiger partial charge in [-0.05, 0) is 25.0 Å². The van der Waals surface area contributed by atoms with Crippen LogP contribution in [-0.4, -0.2) is 49.9 Å². The highest BCUT2D eigenvalue weighted by Crippen LogP contribution is 2.29. The van der Waals surface area contributed by atoms with E-state index in [4.69, 9.17) is 9.47 Å². The van der Waals surface area contributed by atoms with Crippen LogP contribution in [0.3, 0.4) is 0 Å². The molecule has 1 fully saturated rings. The van der Waals surface area contributed by atoms with E-state index in [2.05, 4.69) is 12.2 Å². The molecule has 100 valence electrons. The van der Waals surface area contributed by atoms with Gasteiger partial charge in [0.15, 0.2) is 0 Å². The second kappa shape index (κ2) is 8.78. The van der Waals surface area contributed by atoms with Crippen molar-refractivity contribution in [3.63, 3.8) is 0 Å². The van der Waals surface area contributed by atoms with Crippen molar-refractivity contribution in [2.45, 2.75) is 37.5 Å². The third kappa shape index (κ3) is 6.29. The van der Waals surface area contributed by atoms with Gasteiger partial charge in [0.25, 0.3) is 0 Å². The van der Waals surface area contributed by atoms with Gasteiger partial charge < -0.3 is 14.8 Å². The molecule has 1 N–H and O–H groups in total. The van der Waals surface area contributed by atoms with Gasteiger partial charge in [-0.25, -0.2) is 0 Å². The molecule has 0 bridgehead atoms. The van der Waals surface area contributed by atoms with Crippen LogP contribution in [0.25, 0.3) is 0 Å². The smallest absolute Gasteiger partial charge is 0.246 e. The topological polar surface area (TPSA) is 47.6 Å². The van der Waals surface area contributed by atoms with E-state index in [-0.39, 0.29) is 12.5 Å². The number of hydrogen-bond acceptors (Lipinski definition) is 4. The first-order valence-corrected chi connectivity index (χ1v) is 7.28. The lowest BCUT2D eigenvalue weighted by molar-refractivity contribution is -0.126. The summed E-state index contributed by atoms with van der Waals surface area (Å²) in [6, 6.07) is 0.345. The zero-order valence-electron chi connectivity index (χ0n) is 10.7. The first kappa shape index (κ1) is 14.8. The van der Waals surface area contributed by atoms with Crippen LogP contribution >= 0.6 is 11.8 Å². The zero-order valence-corrected chi connectivity index (χ0v) is 11.6. The predicted molar refractivity (Wildman–Crippen MR) is 70.4 cm³/mol. The molecule has 0 radical (unpaired) electrons. The third-order valence-corrected chi connectivity index (χ3v) is 4.05. The van der Waals surface area contributed by atoms with E-state index >= 15 is 0 Å². The molecular weight excluding hydrogens is 238 g/mol. The highest BCUT2D eigenvalue weighted by molar-refractivity contribution is 7.99. The van der Waals surface area contributed by atoms with Gasteiger partial charge in [0.05, 0.1) is 13.2 Å². The van der Waals surface area contributed by atoms with Crippen LogP contribution in [0.4, 0.5) is 0 Å². The van der Waals surface area contributed by atoms with Crippen LogP contribution in [0.5, 0.6) is 0 Å². The monoisotopic (exact) mass is 261 g/mol. The van der Waals surface area contributed by atoms with Gasteiger partial charge in [-0.3, -0.25) is 4.79 Å². The molecule has 0 aromatic heterocycles. The van der Waals surface area contributed by atoms with Crippen molar-refractivity contribution < 1.29 is 14.3 Å². The van der Waals surface area contributed by atoms with Crippen molar-refractivity contribution in [1.82, 2.24) is 5.32 Å². The quantitative estimate of drug-likeness (QED) is 0.672. The average molecular weight is 261 g/mol. The predicted octanol–water partition coefficient (Wildman–Crippen LogP) is 1.44. The molecule has 1 aliphatic carbocycles. The molecule has 17 heavy (non-hydrogen) atoms. The van der Waals surface area contributed by atoms with Crippen LogP contribution in [0.15, 0.2) is 0 Å². The molecule has 1 saturated carbocycles. The fourth-order valence-corrected chi connectivity index (χ4v) is 3.18. The molecule has 0 aromatic carbocycles. The molecule has 2 atom stereocenters. The van der Waals surface area contributed by atoms with E-state index in [1.165, 1.54) is 6.42 Å². The Morgan fingerprint density at radius 2 is 2.24 bits per heavy atom. The fourth-order valence-electron chi connectivity index (χ4n) is 2.03. The van der Waals surface area contributed by atoms with Gasteiger partial charge in [-0.1, -0.05) is 6.92 Å². The largest absolute Gasteiger partial charge is 0.382 e. The van der Waals surface area contributed by atoms with Crippen molar-refractivity contribution >= 4 is 17.7 Å². The Morgan fingerprint density at radius 3 is 2.94 bits per heavy atom. The lowest BCUT2D eigenvalue weighted by Crippen LogP contribution is -2.36. The molecule has 0 heterocycles. The number of nitrogens with one attached hydrogen (secondary N) is 1. The molecule has 0 saturated heterocycles. The summed E-state index contributed by atoms with van der Waals surface area (Å²) in [7, 11) is 1.62. The minimum atomic E-state index is -0.00625. The highest BCUT2D eigenvalue weighted by Gasteiger charge is 2.25. The van der Waals surface area contributed by atoms with Gasteiger partial charge in [-0.2, -0.15) is 11.8 Å². The van der Waals surface area contributed by atoms with E-state index < -0.39 is 0 Å². The lowest BCUT2D eigenvalue weighted by atomic mass is 10.2. The molecule has 1 rings (SSSR count). The maximum atomic E-state index is 11.5. The van der Waals surface area contributed by atoms with Gasteiger partial charge >= 0.3 is 0 Å². The van der Waals surface area contributed by atoms with E-state index in [0.717, 1.165) is 23.8 Å². The summed E-state index contributed by atoms with van der Waals surface area (Å²) in [6.07, 6.45) is 3.41. The highest BCUT2D eigenvalue weighted by atomic mass is 32.2. The number of thioether (sulfide) groups is 1. The van der Waals surface area contributed by atoms with E-state index in [1.807, 2.05) is 11.8 Å². The molecule has 4 nitrogen and oxygen atoms in total. The Morgan fingerprint density at radius 1 is 1.41 bits per heavy atom. The van der Waals surface area contributed by atoms with Crippen LogP contribution < -0.4 is 5.32 Å². The first-order valence-electron chi connectivity index (χ1n) is 6.24. The third-order valence-electron chi connectivity index (χ3n) is 2.82. The van der Waals surface area contributed by atoms with Gasteiger partial charge in [0.2, 0.25) is 5.91 Å². The fraction of sp³-hybridized carbons (Fsp3) is 0.917. The maximum Gasteiger partial charge on any atom is 0.246 e. The molecule has 1 amide bonds. The minimum absolute atomic E-state index is 0.00625. The first-order chi connectivity index (χ1) is 8.26. The summed E-state index contributed by atoms with van der Waals surface area (Å²) in [5.41, 5.74) is 0. The van der Waals surface area contributed by atoms with Crippen LogP contribution in [0, 0.1) is 0 Å². The standard InChI is InChI=1S/C12H23NO3S/c1-3-17-11-5-4-10(8-11)13-12(14)9-16-7-6-15-2/h10-11H,3-9H2,1-2H3,(H,13,14). The van der Waals surface area contributed by atoms with Crippen molar-refractivity contribution in [2.24, 2.45) is 0 Å². The van der Waals surface area contributed by atoms with Crippen molar-refractivity contribution in [2.75, 3.05) is 32.7 Å². The summed E-state index contributed by atoms with van der Waals surface area (Å²) in [5, 5.41) is 3.75. The summed E-state index contributed by atoms with van der Waals surface area (Å²) in [5.74, 6) is 1.15. The van der Waals surface area contributed by atoms with Gasteiger partial charge in [0.1, 0.15) is 6.61 Å². The molecule has 0 spiro atoms. The summed E-state index contributed by atoms with van der Waals surface area (Å²) >= 11 is 2.00. The van der Waals surface area contributed by atoms with E-state index in [1.54, 1.807) is 7.11 Å². The Balaban J connectivity index is 2.07. The van der Waals surface area contributed by atoms with Gasteiger partial charge in [0, 0.05) is 18.4 Å². The average Bonchev–Trinajstić information content (AvgIpc) is 2.73. The SMILES string of the molecule is CCSC1CCC(NC(=O)COCCOC)C1. The van der Waals surface area contributed by atoms with Crippen molar-refractivity contribution in [1.29, 1.82) is 0 Å². The number of hydrogen-bond donors (Lipinski definition) is 1. The minimum Gasteiger partial charge on any atom is -0.382 e. The van der Waals surface area contributed by atoms with E-state index in [9.17, 15) is 4.79 Å². The number of carbonyl (C=O) groups excluding carboxylic acids is 1. The van der Waals surface area contributed by atoms with Crippen LogP contribution in [0.2, 0.25) is 0 Å². The second-order valence-electron chi connectivity index (χ2n) is 4.20. The molecule has 1 aliphatic rings. The summed E-state index contributed by atoms with van der Waals surface area (Å²) < 4.78 is 10.0. The Bertz CT molecular complexity index is 226. The molecule has 5 heteroatoms. The second-order valence-corrected chi connectivity index (χ2v) is 5.78. The molecule has 2 unspecified atom stereocenters. The van der Waals surface area contributed by atoms with Crippen molar-refractivity contribution in [3.8, 4) is 0 Å². The number of carbonyl (C=O) groups is 1. The maximum absolute atomic E-state index is 11.5. The summed E-state index contributed by atoms with van der Waals surface area (Å²) in [6.45, 7) is 3.33. The van der Waals surface area contributed by atoms with Crippen LogP contribution in [0.1, 0.15) is 26.2 Å².